The van der Waals surface area contributed by atoms with Crippen LogP contribution in [-0.2, 0) is 19.6 Å². The number of anilines is 1. The van der Waals surface area contributed by atoms with Gasteiger partial charge in [0.2, 0.25) is 10.0 Å². The van der Waals surface area contributed by atoms with Crippen LogP contribution < -0.4 is 10.6 Å². The third-order valence-corrected chi connectivity index (χ3v) is 7.25. The first-order valence-corrected chi connectivity index (χ1v) is 11.7. The monoisotopic (exact) mass is 467 g/mol. The molecule has 3 rings (SSSR count). The van der Waals surface area contributed by atoms with Gasteiger partial charge >= 0.3 is 11.8 Å². The van der Waals surface area contributed by atoms with Crippen molar-refractivity contribution < 1.29 is 22.4 Å². The van der Waals surface area contributed by atoms with Crippen molar-refractivity contribution in [2.45, 2.75) is 36.6 Å². The summed E-state index contributed by atoms with van der Waals surface area (Å²) in [5, 5.41) is 5.42. The molecular weight excluding hydrogens is 445 g/mol. The Balaban J connectivity index is 1.57. The minimum absolute atomic E-state index is 0.0331. The Bertz CT molecular complexity index is 1050. The number of amides is 2. The molecule has 0 saturated carbocycles. The van der Waals surface area contributed by atoms with Gasteiger partial charge in [-0.3, -0.25) is 9.59 Å². The Labute approximate surface area is 185 Å². The number of hydrogen-bond acceptors (Lipinski definition) is 4. The summed E-state index contributed by atoms with van der Waals surface area (Å²) in [6, 6.07) is 10.8. The van der Waals surface area contributed by atoms with Gasteiger partial charge in [0.25, 0.3) is 0 Å². The van der Waals surface area contributed by atoms with E-state index in [1.54, 1.807) is 18.2 Å². The number of piperidine rings is 1. The van der Waals surface area contributed by atoms with Crippen molar-refractivity contribution in [2.24, 2.45) is 0 Å². The van der Waals surface area contributed by atoms with Crippen LogP contribution in [0.15, 0.2) is 53.4 Å². The number of carbonyl (C=O) groups excluding carboxylic acids is 2. The summed E-state index contributed by atoms with van der Waals surface area (Å²) >= 11 is 5.86. The average molecular weight is 468 g/mol. The molecule has 1 fully saturated rings. The highest BCUT2D eigenvalue weighted by Crippen LogP contribution is 2.27. The first-order valence-electron chi connectivity index (χ1n) is 9.89. The molecule has 1 saturated heterocycles. The van der Waals surface area contributed by atoms with Crippen molar-refractivity contribution in [1.82, 2.24) is 9.62 Å². The normalized spacial score (nSPS) is 17.2. The van der Waals surface area contributed by atoms with Crippen LogP contribution in [0.5, 0.6) is 0 Å². The van der Waals surface area contributed by atoms with Gasteiger partial charge in [0.1, 0.15) is 5.82 Å². The lowest BCUT2D eigenvalue weighted by atomic mass is 10.0. The van der Waals surface area contributed by atoms with Gasteiger partial charge in [-0.2, -0.15) is 4.31 Å². The quantitative estimate of drug-likeness (QED) is 0.638. The van der Waals surface area contributed by atoms with Gasteiger partial charge in [-0.15, -0.1) is 0 Å². The molecule has 166 valence electrons. The SMILES string of the molecule is O=C(NCC[C@H]1CCCCN1S(=O)(=O)c1ccc(F)cc1)C(=O)Nc1cccc(Cl)c1. The second-order valence-electron chi connectivity index (χ2n) is 7.23. The first-order chi connectivity index (χ1) is 14.8. The first kappa shape index (κ1) is 23.2. The highest BCUT2D eigenvalue weighted by atomic mass is 35.5. The molecule has 0 aliphatic carbocycles. The molecule has 0 aromatic heterocycles. The summed E-state index contributed by atoms with van der Waals surface area (Å²) in [6.45, 7) is 0.496. The van der Waals surface area contributed by atoms with Gasteiger partial charge < -0.3 is 10.6 Å². The number of carbonyl (C=O) groups is 2. The average Bonchev–Trinajstić information content (AvgIpc) is 2.74. The van der Waals surface area contributed by atoms with Crippen molar-refractivity contribution in [3.8, 4) is 0 Å². The standard InChI is InChI=1S/C21H23ClFN3O4S/c22-15-4-3-5-17(14-15)25-21(28)20(27)24-12-11-18-6-1-2-13-26(18)31(29,30)19-9-7-16(23)8-10-19/h3-5,7-10,14,18H,1-2,6,11-13H2,(H,24,27)(H,25,28)/t18-/m1/s1. The van der Waals surface area contributed by atoms with E-state index in [0.29, 0.717) is 30.1 Å². The molecule has 2 N–H and O–H groups in total. The molecule has 0 radical (unpaired) electrons. The lowest BCUT2D eigenvalue weighted by Crippen LogP contribution is -2.45. The molecule has 1 aliphatic heterocycles. The van der Waals surface area contributed by atoms with Crippen LogP contribution >= 0.6 is 11.6 Å². The van der Waals surface area contributed by atoms with Gasteiger partial charge in [0.05, 0.1) is 4.90 Å². The third-order valence-electron chi connectivity index (χ3n) is 5.05. The van der Waals surface area contributed by atoms with Gasteiger partial charge in [-0.1, -0.05) is 24.1 Å². The zero-order valence-electron chi connectivity index (χ0n) is 16.7. The van der Waals surface area contributed by atoms with E-state index < -0.39 is 27.7 Å². The van der Waals surface area contributed by atoms with Crippen molar-refractivity contribution >= 4 is 39.1 Å². The van der Waals surface area contributed by atoms with Crippen molar-refractivity contribution in [3.63, 3.8) is 0 Å². The maximum atomic E-state index is 13.2. The molecule has 1 aliphatic rings. The van der Waals surface area contributed by atoms with E-state index in [-0.39, 0.29) is 17.5 Å². The Kier molecular flexibility index (Phi) is 7.64. The minimum Gasteiger partial charge on any atom is -0.348 e. The molecule has 2 amide bonds. The Morgan fingerprint density at radius 2 is 1.84 bits per heavy atom. The van der Waals surface area contributed by atoms with Crippen LogP contribution in [0.25, 0.3) is 0 Å². The molecular formula is C21H23ClFN3O4S. The Hall–Kier alpha value is -2.49. The Morgan fingerprint density at radius 3 is 2.55 bits per heavy atom. The number of sulfonamides is 1. The zero-order valence-corrected chi connectivity index (χ0v) is 18.3. The lowest BCUT2D eigenvalue weighted by molar-refractivity contribution is -0.136. The number of nitrogens with one attached hydrogen (secondary N) is 2. The summed E-state index contributed by atoms with van der Waals surface area (Å²) in [5.74, 6) is -2.15. The van der Waals surface area contributed by atoms with Gasteiger partial charge in [0, 0.05) is 29.8 Å². The van der Waals surface area contributed by atoms with E-state index in [1.807, 2.05) is 0 Å². The fourth-order valence-corrected chi connectivity index (χ4v) is 5.42. The smallest absolute Gasteiger partial charge is 0.313 e. The van der Waals surface area contributed by atoms with Crippen LogP contribution in [0.3, 0.4) is 0 Å². The number of halogens is 2. The fourth-order valence-electron chi connectivity index (χ4n) is 3.51. The number of benzene rings is 2. The molecule has 0 unspecified atom stereocenters. The van der Waals surface area contributed by atoms with Gasteiger partial charge in [-0.05, 0) is 61.7 Å². The highest BCUT2D eigenvalue weighted by molar-refractivity contribution is 7.89. The minimum atomic E-state index is -3.78. The van der Waals surface area contributed by atoms with Crippen LogP contribution in [-0.4, -0.2) is 43.7 Å². The van der Waals surface area contributed by atoms with Crippen LogP contribution in [0.1, 0.15) is 25.7 Å². The van der Waals surface area contributed by atoms with E-state index in [1.165, 1.54) is 22.5 Å². The molecule has 1 heterocycles. The van der Waals surface area contributed by atoms with Crippen molar-refractivity contribution in [3.05, 3.63) is 59.4 Å². The molecule has 31 heavy (non-hydrogen) atoms. The summed E-state index contributed by atoms with van der Waals surface area (Å²) < 4.78 is 40.5. The number of nitrogens with zero attached hydrogens (tertiary/aromatic N) is 1. The predicted octanol–water partition coefficient (Wildman–Crippen LogP) is 3.17. The van der Waals surface area contributed by atoms with Crippen LogP contribution in [0.2, 0.25) is 5.02 Å². The fraction of sp³-hybridized carbons (Fsp3) is 0.333. The number of hydrogen-bond donors (Lipinski definition) is 2. The van der Waals surface area contributed by atoms with Gasteiger partial charge in [0.15, 0.2) is 0 Å². The maximum Gasteiger partial charge on any atom is 0.313 e. The predicted molar refractivity (Wildman–Crippen MR) is 116 cm³/mol. The second kappa shape index (κ2) is 10.2. The summed E-state index contributed by atoms with van der Waals surface area (Å²) in [4.78, 5) is 24.2. The van der Waals surface area contributed by atoms with Crippen molar-refractivity contribution in [1.29, 1.82) is 0 Å². The zero-order chi connectivity index (χ0) is 22.4. The second-order valence-corrected chi connectivity index (χ2v) is 9.56. The molecule has 10 heteroatoms. The molecule has 1 atom stereocenters. The highest BCUT2D eigenvalue weighted by Gasteiger charge is 2.33. The summed E-state index contributed by atoms with van der Waals surface area (Å²) in [6.07, 6.45) is 2.59. The molecule has 0 bridgehead atoms. The molecule has 2 aromatic carbocycles. The van der Waals surface area contributed by atoms with E-state index in [2.05, 4.69) is 10.6 Å². The molecule has 2 aromatic rings. The largest absolute Gasteiger partial charge is 0.348 e. The summed E-state index contributed by atoms with van der Waals surface area (Å²) in [5.41, 5.74) is 0.400. The van der Waals surface area contributed by atoms with Crippen molar-refractivity contribution in [2.75, 3.05) is 18.4 Å². The van der Waals surface area contributed by atoms with E-state index >= 15 is 0 Å². The van der Waals surface area contributed by atoms with E-state index in [4.69, 9.17) is 11.6 Å². The van der Waals surface area contributed by atoms with Crippen LogP contribution in [0, 0.1) is 5.82 Å². The van der Waals surface area contributed by atoms with Gasteiger partial charge in [-0.25, -0.2) is 12.8 Å². The third kappa shape index (κ3) is 6.03. The maximum absolute atomic E-state index is 13.2. The lowest BCUT2D eigenvalue weighted by Gasteiger charge is -2.34. The number of rotatable bonds is 6. The van der Waals surface area contributed by atoms with Crippen LogP contribution in [0.4, 0.5) is 10.1 Å². The van der Waals surface area contributed by atoms with E-state index in [0.717, 1.165) is 25.0 Å². The Morgan fingerprint density at radius 1 is 1.10 bits per heavy atom. The molecule has 7 nitrogen and oxygen atoms in total. The summed E-state index contributed by atoms with van der Waals surface area (Å²) in [7, 11) is -3.78. The topological polar surface area (TPSA) is 95.6 Å². The van der Waals surface area contributed by atoms with E-state index in [9.17, 15) is 22.4 Å². The molecule has 0 spiro atoms.